The lowest BCUT2D eigenvalue weighted by Crippen LogP contribution is -2.32. The van der Waals surface area contributed by atoms with Crippen LogP contribution < -0.4 is 5.32 Å². The fraction of sp³-hybridized carbons (Fsp3) is 0.174. The molecule has 2 heterocycles. The highest BCUT2D eigenvalue weighted by molar-refractivity contribution is 6.03. The topological polar surface area (TPSA) is 81.6 Å². The summed E-state index contributed by atoms with van der Waals surface area (Å²) in [6, 6.07) is 20.6. The maximum Gasteiger partial charge on any atom is 0.262 e. The molecule has 1 aliphatic heterocycles. The number of carbonyl (C=O) groups is 1. The molecule has 0 bridgehead atoms. The number of nitrogens with zero attached hydrogens (tertiary/aromatic N) is 3. The van der Waals surface area contributed by atoms with E-state index in [2.05, 4.69) is 16.5 Å². The van der Waals surface area contributed by atoms with Gasteiger partial charge in [0.2, 0.25) is 0 Å². The Morgan fingerprint density at radius 3 is 2.62 bits per heavy atom. The second kappa shape index (κ2) is 8.03. The van der Waals surface area contributed by atoms with Crippen molar-refractivity contribution in [2.45, 2.75) is 19.4 Å². The van der Waals surface area contributed by atoms with Crippen LogP contribution in [0.4, 0.5) is 5.69 Å². The quantitative estimate of drug-likeness (QED) is 0.713. The third-order valence-electron chi connectivity index (χ3n) is 4.88. The second-order valence-corrected chi connectivity index (χ2v) is 6.93. The fourth-order valence-electron chi connectivity index (χ4n) is 3.28. The van der Waals surface area contributed by atoms with Gasteiger partial charge in [0, 0.05) is 12.1 Å². The standard InChI is InChI=1S/C23H20N4O2/c1-16-4-8-18(9-5-16)20-13-21(22-3-2-12-29-22)27(26-20)23(28)15-25-19-10-6-17(14-24)7-11-19/h2-12,21,25H,13,15H2,1H3/t21-/m1/s1. The number of nitriles is 1. The number of amides is 1. The van der Waals surface area contributed by atoms with Gasteiger partial charge in [0.25, 0.3) is 5.91 Å². The number of nitrogens with one attached hydrogen (secondary N) is 1. The normalized spacial score (nSPS) is 15.7. The van der Waals surface area contributed by atoms with Gasteiger partial charge in [-0.1, -0.05) is 29.8 Å². The first-order valence-corrected chi connectivity index (χ1v) is 9.38. The molecule has 0 saturated carbocycles. The van der Waals surface area contributed by atoms with E-state index in [4.69, 9.17) is 9.68 Å². The van der Waals surface area contributed by atoms with E-state index in [0.717, 1.165) is 17.0 Å². The van der Waals surface area contributed by atoms with Crippen LogP contribution in [0.2, 0.25) is 0 Å². The number of rotatable bonds is 5. The minimum Gasteiger partial charge on any atom is -0.467 e. The highest BCUT2D eigenvalue weighted by Crippen LogP contribution is 2.33. The summed E-state index contributed by atoms with van der Waals surface area (Å²) >= 11 is 0. The van der Waals surface area contributed by atoms with E-state index in [1.165, 1.54) is 10.6 Å². The van der Waals surface area contributed by atoms with E-state index >= 15 is 0 Å². The van der Waals surface area contributed by atoms with Gasteiger partial charge in [-0.3, -0.25) is 4.79 Å². The van der Waals surface area contributed by atoms with Crippen molar-refractivity contribution < 1.29 is 9.21 Å². The molecular formula is C23H20N4O2. The summed E-state index contributed by atoms with van der Waals surface area (Å²) in [5.41, 5.74) is 4.38. The third kappa shape index (κ3) is 4.04. The summed E-state index contributed by atoms with van der Waals surface area (Å²) < 4.78 is 5.57. The second-order valence-electron chi connectivity index (χ2n) is 6.93. The lowest BCUT2D eigenvalue weighted by molar-refractivity contribution is -0.131. The zero-order chi connectivity index (χ0) is 20.2. The predicted molar refractivity (Wildman–Crippen MR) is 110 cm³/mol. The maximum absolute atomic E-state index is 12.9. The molecule has 29 heavy (non-hydrogen) atoms. The molecule has 0 fully saturated rings. The molecule has 0 aliphatic carbocycles. The Hall–Kier alpha value is -3.85. The molecule has 1 aliphatic rings. The monoisotopic (exact) mass is 384 g/mol. The molecule has 1 atom stereocenters. The maximum atomic E-state index is 12.9. The summed E-state index contributed by atoms with van der Waals surface area (Å²) in [5.74, 6) is 0.556. The molecule has 1 N–H and O–H groups in total. The van der Waals surface area contributed by atoms with Crippen LogP contribution in [0.25, 0.3) is 0 Å². The van der Waals surface area contributed by atoms with Crippen molar-refractivity contribution in [2.75, 3.05) is 11.9 Å². The first kappa shape index (κ1) is 18.5. The first-order chi connectivity index (χ1) is 14.1. The molecule has 6 nitrogen and oxygen atoms in total. The Morgan fingerprint density at radius 1 is 1.21 bits per heavy atom. The minimum absolute atomic E-state index is 0.0911. The van der Waals surface area contributed by atoms with Crippen molar-refractivity contribution in [1.82, 2.24) is 5.01 Å². The molecule has 0 spiro atoms. The number of benzene rings is 2. The van der Waals surface area contributed by atoms with Gasteiger partial charge in [0.1, 0.15) is 11.8 Å². The van der Waals surface area contributed by atoms with Crippen LogP contribution in [-0.2, 0) is 4.79 Å². The molecule has 2 aromatic carbocycles. The van der Waals surface area contributed by atoms with Crippen LogP contribution >= 0.6 is 0 Å². The van der Waals surface area contributed by atoms with Crippen LogP contribution in [0.15, 0.2) is 76.4 Å². The van der Waals surface area contributed by atoms with Gasteiger partial charge in [-0.05, 0) is 48.9 Å². The van der Waals surface area contributed by atoms with Crippen LogP contribution in [-0.4, -0.2) is 23.2 Å². The van der Waals surface area contributed by atoms with Gasteiger partial charge in [0.15, 0.2) is 0 Å². The van der Waals surface area contributed by atoms with E-state index in [1.807, 2.05) is 43.3 Å². The van der Waals surface area contributed by atoms with Crippen molar-refractivity contribution in [3.8, 4) is 6.07 Å². The molecular weight excluding hydrogens is 364 g/mol. The SMILES string of the molecule is Cc1ccc(C2=NN(C(=O)CNc3ccc(C#N)cc3)[C@@H](c3ccco3)C2)cc1. The van der Waals surface area contributed by atoms with Crippen molar-refractivity contribution in [3.05, 3.63) is 89.4 Å². The highest BCUT2D eigenvalue weighted by Gasteiger charge is 2.34. The average Bonchev–Trinajstić information content (AvgIpc) is 3.43. The van der Waals surface area contributed by atoms with Gasteiger partial charge in [-0.15, -0.1) is 0 Å². The molecule has 1 amide bonds. The van der Waals surface area contributed by atoms with E-state index in [9.17, 15) is 4.79 Å². The van der Waals surface area contributed by atoms with Crippen molar-refractivity contribution in [3.63, 3.8) is 0 Å². The predicted octanol–water partition coefficient (Wildman–Crippen LogP) is 4.25. The fourth-order valence-corrected chi connectivity index (χ4v) is 3.28. The van der Waals surface area contributed by atoms with E-state index < -0.39 is 0 Å². The van der Waals surface area contributed by atoms with Crippen LogP contribution in [0.5, 0.6) is 0 Å². The molecule has 0 radical (unpaired) electrons. The van der Waals surface area contributed by atoms with Gasteiger partial charge in [-0.2, -0.15) is 10.4 Å². The zero-order valence-electron chi connectivity index (χ0n) is 16.0. The number of carbonyl (C=O) groups excluding carboxylic acids is 1. The Bertz CT molecular complexity index is 1060. The first-order valence-electron chi connectivity index (χ1n) is 9.38. The minimum atomic E-state index is -0.267. The van der Waals surface area contributed by atoms with Crippen LogP contribution in [0, 0.1) is 18.3 Å². The number of aryl methyl sites for hydroxylation is 1. The molecule has 3 aromatic rings. The molecule has 144 valence electrons. The van der Waals surface area contributed by atoms with Crippen LogP contribution in [0.1, 0.15) is 34.9 Å². The zero-order valence-corrected chi connectivity index (χ0v) is 16.0. The summed E-state index contributed by atoms with van der Waals surface area (Å²) in [6.45, 7) is 2.13. The molecule has 4 rings (SSSR count). The Labute approximate surface area is 169 Å². The van der Waals surface area contributed by atoms with Crippen molar-refractivity contribution in [1.29, 1.82) is 5.26 Å². The third-order valence-corrected chi connectivity index (χ3v) is 4.88. The molecule has 6 heteroatoms. The number of hydrazone groups is 1. The highest BCUT2D eigenvalue weighted by atomic mass is 16.3. The van der Waals surface area contributed by atoms with Gasteiger partial charge in [-0.25, -0.2) is 5.01 Å². The van der Waals surface area contributed by atoms with E-state index in [1.54, 1.807) is 30.5 Å². The number of furan rings is 1. The van der Waals surface area contributed by atoms with Crippen molar-refractivity contribution in [2.24, 2.45) is 5.10 Å². The van der Waals surface area contributed by atoms with Crippen LogP contribution in [0.3, 0.4) is 0 Å². The summed E-state index contributed by atoms with van der Waals surface area (Å²) in [7, 11) is 0. The number of anilines is 1. The molecule has 1 aromatic heterocycles. The summed E-state index contributed by atoms with van der Waals surface area (Å²) in [4.78, 5) is 12.9. The largest absolute Gasteiger partial charge is 0.467 e. The Morgan fingerprint density at radius 2 is 1.97 bits per heavy atom. The van der Waals surface area contributed by atoms with Gasteiger partial charge >= 0.3 is 0 Å². The summed E-state index contributed by atoms with van der Waals surface area (Å²) in [5, 5.41) is 18.1. The smallest absolute Gasteiger partial charge is 0.262 e. The Balaban J connectivity index is 1.53. The average molecular weight is 384 g/mol. The van der Waals surface area contributed by atoms with Gasteiger partial charge < -0.3 is 9.73 Å². The molecule has 0 saturated heterocycles. The van der Waals surface area contributed by atoms with Crippen molar-refractivity contribution >= 4 is 17.3 Å². The lowest BCUT2D eigenvalue weighted by atomic mass is 10.0. The molecule has 0 unspecified atom stereocenters. The Kier molecular flexibility index (Phi) is 5.12. The number of hydrogen-bond acceptors (Lipinski definition) is 5. The summed E-state index contributed by atoms with van der Waals surface area (Å²) in [6.07, 6.45) is 2.20. The van der Waals surface area contributed by atoms with E-state index in [0.29, 0.717) is 17.7 Å². The van der Waals surface area contributed by atoms with Gasteiger partial charge in [0.05, 0.1) is 30.2 Å². The lowest BCUT2D eigenvalue weighted by Gasteiger charge is -2.20. The van der Waals surface area contributed by atoms with E-state index in [-0.39, 0.29) is 18.5 Å². The number of hydrogen-bond donors (Lipinski definition) is 1.